The van der Waals surface area contributed by atoms with Crippen molar-refractivity contribution in [3.05, 3.63) is 29.8 Å². The number of nitrogens with zero attached hydrogens (tertiary/aromatic N) is 2. The summed E-state index contributed by atoms with van der Waals surface area (Å²) < 4.78 is 0. The maximum Gasteiger partial charge on any atom is 0.303 e. The molecule has 1 aliphatic rings. The van der Waals surface area contributed by atoms with E-state index >= 15 is 0 Å². The van der Waals surface area contributed by atoms with Crippen LogP contribution in [0, 0.1) is 0 Å². The Morgan fingerprint density at radius 2 is 2.00 bits per heavy atom. The monoisotopic (exact) mass is 290 g/mol. The first-order chi connectivity index (χ1) is 10.1. The highest BCUT2D eigenvalue weighted by atomic mass is 16.4. The van der Waals surface area contributed by atoms with Crippen LogP contribution in [0.5, 0.6) is 0 Å². The van der Waals surface area contributed by atoms with Gasteiger partial charge < -0.3 is 10.0 Å². The molecule has 0 amide bonds. The fourth-order valence-electron chi connectivity index (χ4n) is 3.02. The first-order valence-corrected chi connectivity index (χ1v) is 7.78. The van der Waals surface area contributed by atoms with Crippen LogP contribution in [-0.4, -0.2) is 42.7 Å². The van der Waals surface area contributed by atoms with Crippen molar-refractivity contribution in [3.63, 3.8) is 0 Å². The van der Waals surface area contributed by atoms with Gasteiger partial charge in [-0.3, -0.25) is 9.69 Å². The highest BCUT2D eigenvalue weighted by Gasteiger charge is 2.22. The van der Waals surface area contributed by atoms with E-state index in [1.807, 2.05) is 14.1 Å². The number of carboxylic acids is 1. The molecule has 1 aromatic carbocycles. The van der Waals surface area contributed by atoms with Crippen molar-refractivity contribution in [2.45, 2.75) is 44.7 Å². The minimum atomic E-state index is -0.684. The van der Waals surface area contributed by atoms with Gasteiger partial charge in [-0.1, -0.05) is 18.6 Å². The summed E-state index contributed by atoms with van der Waals surface area (Å²) in [5.74, 6) is -0.684. The molecular formula is C17H26N2O2. The fourth-order valence-corrected chi connectivity index (χ4v) is 3.02. The second-order valence-electron chi connectivity index (χ2n) is 6.11. The topological polar surface area (TPSA) is 43.8 Å². The predicted molar refractivity (Wildman–Crippen MR) is 85.7 cm³/mol. The van der Waals surface area contributed by atoms with Crippen molar-refractivity contribution in [1.29, 1.82) is 0 Å². The summed E-state index contributed by atoms with van der Waals surface area (Å²) >= 11 is 0. The molecule has 116 valence electrons. The van der Waals surface area contributed by atoms with E-state index in [9.17, 15) is 4.79 Å². The Hall–Kier alpha value is -1.55. The molecule has 4 nitrogen and oxygen atoms in total. The van der Waals surface area contributed by atoms with E-state index in [-0.39, 0.29) is 6.42 Å². The van der Waals surface area contributed by atoms with Gasteiger partial charge >= 0.3 is 5.97 Å². The normalized spacial score (nSPS) is 19.4. The van der Waals surface area contributed by atoms with Gasteiger partial charge in [-0.2, -0.15) is 0 Å². The number of likely N-dealkylation sites (tertiary alicyclic amines) is 1. The van der Waals surface area contributed by atoms with Crippen LogP contribution in [0.25, 0.3) is 0 Å². The second kappa shape index (κ2) is 7.46. The summed E-state index contributed by atoms with van der Waals surface area (Å²) in [5.41, 5.74) is 2.52. The Balaban J connectivity index is 1.96. The Bertz CT molecular complexity index is 456. The molecule has 21 heavy (non-hydrogen) atoms. The highest BCUT2D eigenvalue weighted by molar-refractivity contribution is 5.66. The molecule has 1 atom stereocenters. The Morgan fingerprint density at radius 1 is 1.29 bits per heavy atom. The molecule has 0 spiro atoms. The Kier molecular flexibility index (Phi) is 5.62. The molecule has 0 bridgehead atoms. The smallest absolute Gasteiger partial charge is 0.303 e. The van der Waals surface area contributed by atoms with Crippen LogP contribution < -0.4 is 4.90 Å². The van der Waals surface area contributed by atoms with Crippen LogP contribution in [0.15, 0.2) is 24.3 Å². The quantitative estimate of drug-likeness (QED) is 0.875. The molecule has 4 heteroatoms. The minimum absolute atomic E-state index is 0.279. The predicted octanol–water partition coefficient (Wildman–Crippen LogP) is 2.97. The number of hydrogen-bond donors (Lipinski definition) is 1. The largest absolute Gasteiger partial charge is 0.481 e. The number of piperidine rings is 1. The summed E-state index contributed by atoms with van der Waals surface area (Å²) in [4.78, 5) is 15.3. The van der Waals surface area contributed by atoms with Crippen molar-refractivity contribution in [2.75, 3.05) is 25.5 Å². The van der Waals surface area contributed by atoms with Gasteiger partial charge in [-0.05, 0) is 43.5 Å². The minimum Gasteiger partial charge on any atom is -0.481 e. The molecule has 0 saturated carbocycles. The molecule has 1 fully saturated rings. The zero-order valence-electron chi connectivity index (χ0n) is 13.1. The number of benzene rings is 1. The third-order valence-corrected chi connectivity index (χ3v) is 4.28. The number of rotatable bonds is 6. The van der Waals surface area contributed by atoms with Crippen LogP contribution >= 0.6 is 0 Å². The van der Waals surface area contributed by atoms with E-state index in [0.717, 1.165) is 25.9 Å². The average molecular weight is 290 g/mol. The van der Waals surface area contributed by atoms with Gasteiger partial charge in [0.1, 0.15) is 0 Å². The maximum absolute atomic E-state index is 10.8. The van der Waals surface area contributed by atoms with Crippen LogP contribution in [0.3, 0.4) is 0 Å². The zero-order chi connectivity index (χ0) is 15.2. The van der Waals surface area contributed by atoms with E-state index in [0.29, 0.717) is 6.04 Å². The molecule has 0 aliphatic carbocycles. The number of aliphatic carboxylic acids is 1. The molecule has 0 radical (unpaired) electrons. The molecule has 1 unspecified atom stereocenters. The van der Waals surface area contributed by atoms with Crippen molar-refractivity contribution < 1.29 is 9.90 Å². The zero-order valence-corrected chi connectivity index (χ0v) is 13.1. The lowest BCUT2D eigenvalue weighted by atomic mass is 9.97. The van der Waals surface area contributed by atoms with Crippen LogP contribution in [0.2, 0.25) is 0 Å². The third-order valence-electron chi connectivity index (χ3n) is 4.28. The Labute approximate surface area is 127 Å². The number of carboxylic acid groups (broad SMARTS) is 1. The highest BCUT2D eigenvalue weighted by Crippen LogP contribution is 2.23. The van der Waals surface area contributed by atoms with Gasteiger partial charge in [0.25, 0.3) is 0 Å². The average Bonchev–Trinajstić information content (AvgIpc) is 2.47. The second-order valence-corrected chi connectivity index (χ2v) is 6.11. The molecule has 1 N–H and O–H groups in total. The van der Waals surface area contributed by atoms with Gasteiger partial charge in [0.15, 0.2) is 0 Å². The lowest BCUT2D eigenvalue weighted by Crippen LogP contribution is -2.39. The molecule has 1 aromatic rings. The van der Waals surface area contributed by atoms with Crippen LogP contribution in [0.4, 0.5) is 5.69 Å². The van der Waals surface area contributed by atoms with E-state index in [1.54, 1.807) is 0 Å². The standard InChI is InChI=1S/C17H26N2O2/c1-18(2)15-8-6-14(7-9-15)13-19-12-4-3-5-16(19)10-11-17(20)21/h6-9,16H,3-5,10-13H2,1-2H3,(H,20,21). The van der Waals surface area contributed by atoms with Crippen molar-refractivity contribution in [3.8, 4) is 0 Å². The maximum atomic E-state index is 10.8. The molecule has 1 saturated heterocycles. The van der Waals surface area contributed by atoms with Crippen LogP contribution in [0.1, 0.15) is 37.7 Å². The fraction of sp³-hybridized carbons (Fsp3) is 0.588. The first kappa shape index (κ1) is 15.8. The van der Waals surface area contributed by atoms with Gasteiger partial charge in [0.2, 0.25) is 0 Å². The van der Waals surface area contributed by atoms with Crippen molar-refractivity contribution in [1.82, 2.24) is 4.90 Å². The van der Waals surface area contributed by atoms with Gasteiger partial charge in [0.05, 0.1) is 0 Å². The number of anilines is 1. The van der Waals surface area contributed by atoms with Gasteiger partial charge in [0, 0.05) is 38.8 Å². The van der Waals surface area contributed by atoms with Crippen molar-refractivity contribution in [2.24, 2.45) is 0 Å². The summed E-state index contributed by atoms with van der Waals surface area (Å²) in [6.45, 7) is 2.01. The van der Waals surface area contributed by atoms with Crippen molar-refractivity contribution >= 4 is 11.7 Å². The molecule has 0 aromatic heterocycles. The van der Waals surface area contributed by atoms with Crippen LogP contribution in [-0.2, 0) is 11.3 Å². The number of hydrogen-bond acceptors (Lipinski definition) is 3. The molecule has 1 aliphatic heterocycles. The molecule has 2 rings (SSSR count). The van der Waals surface area contributed by atoms with Gasteiger partial charge in [-0.15, -0.1) is 0 Å². The lowest BCUT2D eigenvalue weighted by molar-refractivity contribution is -0.137. The molecule has 1 heterocycles. The SMILES string of the molecule is CN(C)c1ccc(CN2CCCCC2CCC(=O)O)cc1. The first-order valence-electron chi connectivity index (χ1n) is 7.78. The van der Waals surface area contributed by atoms with Gasteiger partial charge in [-0.25, -0.2) is 0 Å². The summed E-state index contributed by atoms with van der Waals surface area (Å²) in [6, 6.07) is 9.07. The van der Waals surface area contributed by atoms with E-state index in [4.69, 9.17) is 5.11 Å². The Morgan fingerprint density at radius 3 is 2.62 bits per heavy atom. The number of carbonyl (C=O) groups is 1. The summed E-state index contributed by atoms with van der Waals surface area (Å²) in [7, 11) is 4.09. The van der Waals surface area contributed by atoms with E-state index in [2.05, 4.69) is 34.1 Å². The summed E-state index contributed by atoms with van der Waals surface area (Å²) in [6.07, 6.45) is 4.62. The lowest BCUT2D eigenvalue weighted by Gasteiger charge is -2.35. The van der Waals surface area contributed by atoms with E-state index in [1.165, 1.54) is 24.1 Å². The molecular weight excluding hydrogens is 264 g/mol. The summed E-state index contributed by atoms with van der Waals surface area (Å²) in [5, 5.41) is 8.88. The van der Waals surface area contributed by atoms with E-state index < -0.39 is 5.97 Å². The third kappa shape index (κ3) is 4.74.